The molecule has 1 saturated heterocycles. The smallest absolute Gasteiger partial charge is 0.235 e. The number of rotatable bonds is 4. The molecule has 1 amide bonds. The number of hydrogen-bond acceptors (Lipinski definition) is 3. The summed E-state index contributed by atoms with van der Waals surface area (Å²) in [6, 6.07) is -0.0947. The van der Waals surface area contributed by atoms with Crippen LogP contribution < -0.4 is 5.73 Å². The first-order valence-electron chi connectivity index (χ1n) is 6.10. The molecule has 0 aromatic heterocycles. The highest BCUT2D eigenvalue weighted by Gasteiger charge is 2.43. The molecule has 17 heavy (non-hydrogen) atoms. The van der Waals surface area contributed by atoms with Crippen LogP contribution in [0.2, 0.25) is 0 Å². The maximum Gasteiger partial charge on any atom is 0.235 e. The van der Waals surface area contributed by atoms with Crippen LogP contribution in [-0.4, -0.2) is 40.1 Å². The van der Waals surface area contributed by atoms with Gasteiger partial charge >= 0.3 is 0 Å². The van der Waals surface area contributed by atoms with Crippen molar-refractivity contribution in [1.82, 2.24) is 4.90 Å². The second-order valence-electron chi connectivity index (χ2n) is 5.06. The monoisotopic (exact) mass is 258 g/mol. The molecule has 0 aromatic carbocycles. The number of nitrogens with two attached hydrogens (primary N) is 1. The van der Waals surface area contributed by atoms with Crippen molar-refractivity contribution >= 4 is 23.1 Å². The molecule has 4 nitrogen and oxygen atoms in total. The van der Waals surface area contributed by atoms with Gasteiger partial charge in [-0.1, -0.05) is 26.1 Å². The van der Waals surface area contributed by atoms with E-state index in [1.165, 1.54) is 0 Å². The first kappa shape index (κ1) is 14.4. The third-order valence-corrected chi connectivity index (χ3v) is 4.50. The van der Waals surface area contributed by atoms with Crippen molar-refractivity contribution in [2.75, 3.05) is 13.2 Å². The Balaban J connectivity index is 2.93. The zero-order chi connectivity index (χ0) is 13.2. The molecule has 5 heteroatoms. The highest BCUT2D eigenvalue weighted by atomic mass is 32.1. The molecule has 3 unspecified atom stereocenters. The zero-order valence-electron chi connectivity index (χ0n) is 10.8. The van der Waals surface area contributed by atoms with Crippen molar-refractivity contribution in [3.05, 3.63) is 0 Å². The molecule has 3 atom stereocenters. The van der Waals surface area contributed by atoms with Gasteiger partial charge < -0.3 is 15.7 Å². The van der Waals surface area contributed by atoms with Crippen LogP contribution in [0.1, 0.15) is 33.6 Å². The first-order valence-corrected chi connectivity index (χ1v) is 6.51. The number of carbonyl (C=O) groups excluding carboxylic acids is 1. The van der Waals surface area contributed by atoms with E-state index in [1.807, 2.05) is 6.92 Å². The molecule has 3 N–H and O–H groups in total. The summed E-state index contributed by atoms with van der Waals surface area (Å²) in [5.74, 6) is 0.285. The van der Waals surface area contributed by atoms with Crippen LogP contribution in [-0.2, 0) is 4.79 Å². The summed E-state index contributed by atoms with van der Waals surface area (Å²) >= 11 is 5.01. The van der Waals surface area contributed by atoms with Gasteiger partial charge in [-0.2, -0.15) is 0 Å². The van der Waals surface area contributed by atoms with Gasteiger partial charge in [0.2, 0.25) is 5.91 Å². The van der Waals surface area contributed by atoms with Crippen LogP contribution in [0.5, 0.6) is 0 Å². The molecule has 0 aromatic rings. The summed E-state index contributed by atoms with van der Waals surface area (Å²) in [6.07, 6.45) is 1.51. The lowest BCUT2D eigenvalue weighted by molar-refractivity contribution is -0.139. The SMILES string of the molecule is CCC(C)(C(=O)N1CCC(C)C1CO)C(N)=S. The van der Waals surface area contributed by atoms with Crippen molar-refractivity contribution in [2.45, 2.75) is 39.7 Å². The van der Waals surface area contributed by atoms with Crippen LogP contribution >= 0.6 is 12.2 Å². The molecule has 1 fully saturated rings. The lowest BCUT2D eigenvalue weighted by Gasteiger charge is -2.34. The Bertz CT molecular complexity index is 322. The fraction of sp³-hybridized carbons (Fsp3) is 0.833. The van der Waals surface area contributed by atoms with Gasteiger partial charge in [0, 0.05) is 6.54 Å². The summed E-state index contributed by atoms with van der Waals surface area (Å²) < 4.78 is 0. The van der Waals surface area contributed by atoms with Crippen molar-refractivity contribution in [3.8, 4) is 0 Å². The largest absolute Gasteiger partial charge is 0.394 e. The minimum Gasteiger partial charge on any atom is -0.394 e. The second kappa shape index (κ2) is 5.31. The Kier molecular flexibility index (Phi) is 4.49. The van der Waals surface area contributed by atoms with Gasteiger partial charge in [-0.3, -0.25) is 4.79 Å². The van der Waals surface area contributed by atoms with E-state index >= 15 is 0 Å². The van der Waals surface area contributed by atoms with E-state index in [1.54, 1.807) is 11.8 Å². The number of aliphatic hydroxyl groups excluding tert-OH is 1. The Morgan fingerprint density at radius 3 is 2.65 bits per heavy atom. The summed E-state index contributed by atoms with van der Waals surface area (Å²) in [6.45, 7) is 6.44. The number of aliphatic hydroxyl groups is 1. The van der Waals surface area contributed by atoms with E-state index in [4.69, 9.17) is 18.0 Å². The maximum atomic E-state index is 12.5. The number of nitrogens with zero attached hydrogens (tertiary/aromatic N) is 1. The maximum absolute atomic E-state index is 12.5. The Morgan fingerprint density at radius 1 is 1.65 bits per heavy atom. The van der Waals surface area contributed by atoms with Gasteiger partial charge in [0.05, 0.1) is 23.1 Å². The van der Waals surface area contributed by atoms with Gasteiger partial charge in [-0.25, -0.2) is 0 Å². The predicted octanol–water partition coefficient (Wildman–Crippen LogP) is 0.918. The predicted molar refractivity (Wildman–Crippen MR) is 71.6 cm³/mol. The topological polar surface area (TPSA) is 66.6 Å². The summed E-state index contributed by atoms with van der Waals surface area (Å²) in [4.78, 5) is 14.5. The van der Waals surface area contributed by atoms with Crippen LogP contribution in [0.25, 0.3) is 0 Å². The van der Waals surface area contributed by atoms with Crippen LogP contribution in [0.15, 0.2) is 0 Å². The molecule has 1 heterocycles. The Morgan fingerprint density at radius 2 is 2.24 bits per heavy atom. The summed E-state index contributed by atoms with van der Waals surface area (Å²) in [5.41, 5.74) is 4.91. The average Bonchev–Trinajstić information content (AvgIpc) is 2.67. The normalized spacial score (nSPS) is 27.9. The lowest BCUT2D eigenvalue weighted by Crippen LogP contribution is -2.51. The van der Waals surface area contributed by atoms with Crippen molar-refractivity contribution in [2.24, 2.45) is 17.1 Å². The van der Waals surface area contributed by atoms with Gasteiger partial charge in [-0.05, 0) is 25.7 Å². The molecule has 0 bridgehead atoms. The number of thiocarbonyl (C=S) groups is 1. The molecular weight excluding hydrogens is 236 g/mol. The highest BCUT2D eigenvalue weighted by Crippen LogP contribution is 2.31. The van der Waals surface area contributed by atoms with Gasteiger partial charge in [0.15, 0.2) is 0 Å². The molecule has 98 valence electrons. The number of carbonyl (C=O) groups is 1. The molecule has 1 aliphatic rings. The lowest BCUT2D eigenvalue weighted by atomic mass is 9.85. The molecule has 0 radical (unpaired) electrons. The van der Waals surface area contributed by atoms with Crippen LogP contribution in [0.4, 0.5) is 0 Å². The standard InChI is InChI=1S/C12H22N2O2S/c1-4-12(3,10(13)17)11(16)14-6-5-8(2)9(14)7-15/h8-9,15H,4-7H2,1-3H3,(H2,13,17). The van der Waals surface area contributed by atoms with Crippen molar-refractivity contribution in [3.63, 3.8) is 0 Å². The first-order chi connectivity index (χ1) is 7.88. The molecule has 0 aliphatic carbocycles. The number of hydrogen-bond donors (Lipinski definition) is 2. The van der Waals surface area contributed by atoms with E-state index in [9.17, 15) is 9.90 Å². The van der Waals surface area contributed by atoms with Gasteiger partial charge in [-0.15, -0.1) is 0 Å². The molecule has 1 rings (SSSR count). The third-order valence-electron chi connectivity index (χ3n) is 4.05. The molecule has 0 spiro atoms. The Labute approximate surface area is 108 Å². The van der Waals surface area contributed by atoms with Gasteiger partial charge in [0.25, 0.3) is 0 Å². The third kappa shape index (κ3) is 2.45. The Hall–Kier alpha value is -0.680. The van der Waals surface area contributed by atoms with Crippen LogP contribution in [0, 0.1) is 11.3 Å². The van der Waals surface area contributed by atoms with Gasteiger partial charge in [0.1, 0.15) is 0 Å². The minimum absolute atomic E-state index is 0.00400. The summed E-state index contributed by atoms with van der Waals surface area (Å²) in [5, 5.41) is 9.37. The average molecular weight is 258 g/mol. The zero-order valence-corrected chi connectivity index (χ0v) is 11.6. The minimum atomic E-state index is -0.785. The van der Waals surface area contributed by atoms with Crippen molar-refractivity contribution < 1.29 is 9.90 Å². The fourth-order valence-corrected chi connectivity index (χ4v) is 2.52. The number of amides is 1. The van der Waals surface area contributed by atoms with Crippen molar-refractivity contribution in [1.29, 1.82) is 0 Å². The molecule has 0 saturated carbocycles. The van der Waals surface area contributed by atoms with Crippen LogP contribution in [0.3, 0.4) is 0 Å². The molecule has 1 aliphatic heterocycles. The second-order valence-corrected chi connectivity index (χ2v) is 5.50. The van der Waals surface area contributed by atoms with E-state index in [2.05, 4.69) is 6.92 Å². The van der Waals surface area contributed by atoms with E-state index in [0.29, 0.717) is 18.9 Å². The van der Waals surface area contributed by atoms with E-state index in [-0.39, 0.29) is 23.5 Å². The molecular formula is C12H22N2O2S. The quantitative estimate of drug-likeness (QED) is 0.736. The fourth-order valence-electron chi connectivity index (χ4n) is 2.29. The summed E-state index contributed by atoms with van der Waals surface area (Å²) in [7, 11) is 0. The van der Waals surface area contributed by atoms with E-state index in [0.717, 1.165) is 6.42 Å². The number of likely N-dealkylation sites (tertiary alicyclic amines) is 1. The van der Waals surface area contributed by atoms with E-state index < -0.39 is 5.41 Å². The highest BCUT2D eigenvalue weighted by molar-refractivity contribution is 7.80.